The van der Waals surface area contributed by atoms with Gasteiger partial charge in [0.15, 0.2) is 0 Å². The summed E-state index contributed by atoms with van der Waals surface area (Å²) in [6.45, 7) is 6.17. The molecule has 1 unspecified atom stereocenters. The van der Waals surface area contributed by atoms with Gasteiger partial charge in [-0.25, -0.2) is 4.79 Å². The monoisotopic (exact) mass is 453 g/mol. The Hall–Kier alpha value is -4.06. The maximum absolute atomic E-state index is 11.7. The molecule has 2 N–H and O–H groups in total. The van der Waals surface area contributed by atoms with Crippen molar-refractivity contribution in [2.75, 3.05) is 5.32 Å². The molecule has 6 heteroatoms. The molecule has 1 aromatic heterocycles. The topological polar surface area (TPSA) is 76.4 Å². The van der Waals surface area contributed by atoms with Crippen LogP contribution in [-0.2, 0) is 13.5 Å². The van der Waals surface area contributed by atoms with E-state index in [1.807, 2.05) is 30.9 Å². The normalized spacial score (nSPS) is 13.7. The predicted octanol–water partition coefficient (Wildman–Crippen LogP) is 6.04. The van der Waals surface area contributed by atoms with E-state index < -0.39 is 5.97 Å². The number of hydrogen-bond acceptors (Lipinski definition) is 4. The number of carboxylic acid groups (broad SMARTS) is 1. The van der Waals surface area contributed by atoms with Crippen molar-refractivity contribution in [1.29, 1.82) is 0 Å². The third kappa shape index (κ3) is 3.92. The molecule has 0 fully saturated rings. The minimum atomic E-state index is -0.954. The second-order valence-electron chi connectivity index (χ2n) is 8.97. The van der Waals surface area contributed by atoms with E-state index in [0.29, 0.717) is 5.69 Å². The number of ether oxygens (including phenoxy) is 1. The van der Waals surface area contributed by atoms with Gasteiger partial charge in [-0.1, -0.05) is 29.8 Å². The molecule has 6 nitrogen and oxygen atoms in total. The first-order valence-corrected chi connectivity index (χ1v) is 11.3. The van der Waals surface area contributed by atoms with Gasteiger partial charge in [-0.2, -0.15) is 5.10 Å². The summed E-state index contributed by atoms with van der Waals surface area (Å²) < 4.78 is 8.36. The van der Waals surface area contributed by atoms with Crippen LogP contribution in [0.2, 0.25) is 0 Å². The molecule has 172 valence electrons. The molecule has 0 aliphatic carbocycles. The van der Waals surface area contributed by atoms with E-state index in [0.717, 1.165) is 56.6 Å². The Labute approximate surface area is 198 Å². The van der Waals surface area contributed by atoms with E-state index >= 15 is 0 Å². The van der Waals surface area contributed by atoms with Gasteiger partial charge in [0.05, 0.1) is 17.1 Å². The molecule has 0 spiro atoms. The van der Waals surface area contributed by atoms with Crippen LogP contribution in [0.25, 0.3) is 16.7 Å². The summed E-state index contributed by atoms with van der Waals surface area (Å²) in [7, 11) is 1.93. The van der Waals surface area contributed by atoms with Gasteiger partial charge in [-0.3, -0.25) is 4.68 Å². The summed E-state index contributed by atoms with van der Waals surface area (Å²) >= 11 is 0. The fourth-order valence-corrected chi connectivity index (χ4v) is 4.69. The number of allylic oxidation sites excluding steroid dienone is 1. The van der Waals surface area contributed by atoms with Crippen molar-refractivity contribution in [2.45, 2.75) is 33.2 Å². The van der Waals surface area contributed by atoms with E-state index in [4.69, 9.17) is 4.74 Å². The minimum absolute atomic E-state index is 0.156. The highest BCUT2D eigenvalue weighted by Gasteiger charge is 2.23. The van der Waals surface area contributed by atoms with Crippen LogP contribution >= 0.6 is 0 Å². The van der Waals surface area contributed by atoms with Gasteiger partial charge in [0, 0.05) is 35.4 Å². The fraction of sp³-hybridized carbons (Fsp3) is 0.214. The van der Waals surface area contributed by atoms with Crippen molar-refractivity contribution in [3.63, 3.8) is 0 Å². The van der Waals surface area contributed by atoms with Crippen molar-refractivity contribution in [2.24, 2.45) is 7.05 Å². The standard InChI is InChI=1S/C28H27N3O3/c1-16-11-19-9-10-25(20-13-17(2)26-21(14-20)15-31(4)30-26)34-27(19)23(12-16)18(3)29-24-8-6-5-7-22(24)28(32)33/h5-8,10-15,18,29H,9H2,1-4H3,(H,32,33). The van der Waals surface area contributed by atoms with Gasteiger partial charge < -0.3 is 15.2 Å². The lowest BCUT2D eigenvalue weighted by Gasteiger charge is -2.26. The van der Waals surface area contributed by atoms with Crippen LogP contribution in [0, 0.1) is 13.8 Å². The maximum atomic E-state index is 11.7. The number of aromatic carboxylic acids is 1. The van der Waals surface area contributed by atoms with Crippen LogP contribution in [0.5, 0.6) is 5.75 Å². The van der Waals surface area contributed by atoms with Crippen molar-refractivity contribution in [1.82, 2.24) is 9.78 Å². The lowest BCUT2D eigenvalue weighted by Crippen LogP contribution is -2.14. The zero-order chi connectivity index (χ0) is 24.0. The summed E-state index contributed by atoms with van der Waals surface area (Å²) in [5.41, 5.74) is 7.22. The summed E-state index contributed by atoms with van der Waals surface area (Å²) in [6, 6.07) is 15.3. The summed E-state index contributed by atoms with van der Waals surface area (Å²) in [6.07, 6.45) is 4.91. The van der Waals surface area contributed by atoms with E-state index in [1.54, 1.807) is 18.2 Å². The van der Waals surface area contributed by atoms with Crippen LogP contribution in [0.15, 0.2) is 60.8 Å². The molecular weight excluding hydrogens is 426 g/mol. The zero-order valence-electron chi connectivity index (χ0n) is 19.7. The average Bonchev–Trinajstić information content (AvgIpc) is 3.19. The first kappa shape index (κ1) is 21.8. The molecule has 3 aromatic carbocycles. The molecule has 1 aliphatic heterocycles. The third-order valence-corrected chi connectivity index (χ3v) is 6.25. The van der Waals surface area contributed by atoms with E-state index in [1.165, 1.54) is 0 Å². The van der Waals surface area contributed by atoms with E-state index in [9.17, 15) is 9.90 Å². The lowest BCUT2D eigenvalue weighted by molar-refractivity contribution is 0.0698. The highest BCUT2D eigenvalue weighted by atomic mass is 16.5. The highest BCUT2D eigenvalue weighted by Crippen LogP contribution is 2.39. The Morgan fingerprint density at radius 2 is 1.97 bits per heavy atom. The Kier molecular flexibility index (Phi) is 5.36. The lowest BCUT2D eigenvalue weighted by atomic mass is 9.95. The number of aromatic nitrogens is 2. The van der Waals surface area contributed by atoms with E-state index in [-0.39, 0.29) is 11.6 Å². The number of para-hydroxylation sites is 1. The van der Waals surface area contributed by atoms with Crippen LogP contribution in [0.1, 0.15) is 51.1 Å². The first-order valence-electron chi connectivity index (χ1n) is 11.3. The molecule has 0 saturated heterocycles. The Bertz CT molecular complexity index is 1470. The van der Waals surface area contributed by atoms with Gasteiger partial charge in [-0.15, -0.1) is 0 Å². The molecule has 0 bridgehead atoms. The van der Waals surface area contributed by atoms with Gasteiger partial charge in [0.25, 0.3) is 0 Å². The van der Waals surface area contributed by atoms with Crippen molar-refractivity contribution in [3.05, 3.63) is 94.2 Å². The fourth-order valence-electron chi connectivity index (χ4n) is 4.69. The van der Waals surface area contributed by atoms with Crippen molar-refractivity contribution in [3.8, 4) is 5.75 Å². The number of benzene rings is 3. The molecule has 2 heterocycles. The molecule has 4 aromatic rings. The number of carboxylic acids is 1. The largest absolute Gasteiger partial charge is 0.478 e. The number of nitrogens with zero attached hydrogens (tertiary/aromatic N) is 2. The third-order valence-electron chi connectivity index (χ3n) is 6.25. The second-order valence-corrected chi connectivity index (χ2v) is 8.97. The van der Waals surface area contributed by atoms with Crippen molar-refractivity contribution < 1.29 is 14.6 Å². The quantitative estimate of drug-likeness (QED) is 0.385. The van der Waals surface area contributed by atoms with Crippen LogP contribution < -0.4 is 10.1 Å². The van der Waals surface area contributed by atoms with Gasteiger partial charge >= 0.3 is 5.97 Å². The number of nitrogens with one attached hydrogen (secondary N) is 1. The molecule has 0 saturated carbocycles. The van der Waals surface area contributed by atoms with Crippen LogP contribution in [0.4, 0.5) is 5.69 Å². The zero-order valence-corrected chi connectivity index (χ0v) is 19.7. The van der Waals surface area contributed by atoms with Gasteiger partial charge in [0.2, 0.25) is 0 Å². The minimum Gasteiger partial charge on any atom is -0.478 e. The average molecular weight is 454 g/mol. The van der Waals surface area contributed by atoms with Crippen molar-refractivity contribution >= 4 is 28.3 Å². The Morgan fingerprint density at radius 3 is 2.76 bits per heavy atom. The molecule has 0 radical (unpaired) electrons. The molecule has 34 heavy (non-hydrogen) atoms. The Morgan fingerprint density at radius 1 is 1.18 bits per heavy atom. The number of rotatable bonds is 5. The maximum Gasteiger partial charge on any atom is 0.337 e. The summed E-state index contributed by atoms with van der Waals surface area (Å²) in [4.78, 5) is 11.7. The molecule has 1 atom stereocenters. The molecule has 1 aliphatic rings. The molecule has 5 rings (SSSR count). The summed E-state index contributed by atoms with van der Waals surface area (Å²) in [5, 5.41) is 18.6. The SMILES string of the molecule is Cc1cc2c(c(C(C)Nc3ccccc3C(=O)O)c1)OC(c1cc(C)c3nn(C)cc3c1)=CC2. The first-order chi connectivity index (χ1) is 16.3. The highest BCUT2D eigenvalue weighted by molar-refractivity contribution is 5.94. The smallest absolute Gasteiger partial charge is 0.337 e. The number of carbonyl (C=O) groups is 1. The Balaban J connectivity index is 1.50. The number of anilines is 1. The predicted molar refractivity (Wildman–Crippen MR) is 134 cm³/mol. The molecular formula is C28H27N3O3. The van der Waals surface area contributed by atoms with Crippen LogP contribution in [-0.4, -0.2) is 20.9 Å². The van der Waals surface area contributed by atoms with Crippen LogP contribution in [0.3, 0.4) is 0 Å². The second kappa shape index (κ2) is 8.37. The number of fused-ring (bicyclic) bond motifs is 2. The molecule has 0 amide bonds. The summed E-state index contributed by atoms with van der Waals surface area (Å²) in [5.74, 6) is 0.702. The van der Waals surface area contributed by atoms with E-state index in [2.05, 4.69) is 54.6 Å². The number of aryl methyl sites for hydroxylation is 3. The van der Waals surface area contributed by atoms with Gasteiger partial charge in [0.1, 0.15) is 11.5 Å². The number of hydrogen-bond donors (Lipinski definition) is 2. The van der Waals surface area contributed by atoms with Gasteiger partial charge in [-0.05, 0) is 68.7 Å².